The van der Waals surface area contributed by atoms with Gasteiger partial charge >= 0.3 is 0 Å². The molecule has 1 fully saturated rings. The van der Waals surface area contributed by atoms with Gasteiger partial charge in [-0.25, -0.2) is 0 Å². The number of nitrogens with one attached hydrogen (secondary N) is 1. The average molecular weight is 236 g/mol. The van der Waals surface area contributed by atoms with Crippen LogP contribution in [0.15, 0.2) is 11.4 Å². The third kappa shape index (κ3) is 1.81. The molecule has 2 aliphatic rings. The van der Waals surface area contributed by atoms with Crippen molar-refractivity contribution in [3.05, 3.63) is 21.9 Å². The van der Waals surface area contributed by atoms with Crippen molar-refractivity contribution in [3.8, 4) is 0 Å². The van der Waals surface area contributed by atoms with Crippen LogP contribution < -0.4 is 5.32 Å². The lowest BCUT2D eigenvalue weighted by Crippen LogP contribution is -2.43. The van der Waals surface area contributed by atoms with Crippen LogP contribution in [0.2, 0.25) is 0 Å². The molecule has 1 N–H and O–H groups in total. The summed E-state index contributed by atoms with van der Waals surface area (Å²) < 4.78 is 0. The molecule has 0 amide bonds. The third-order valence-electron chi connectivity index (χ3n) is 4.13. The zero-order valence-electron chi connectivity index (χ0n) is 9.91. The molecule has 2 nitrogen and oxygen atoms in total. The number of hydrogen-bond donors (Lipinski definition) is 1. The summed E-state index contributed by atoms with van der Waals surface area (Å²) in [4.78, 5) is 4.32. The van der Waals surface area contributed by atoms with Crippen molar-refractivity contribution in [2.45, 2.75) is 32.4 Å². The summed E-state index contributed by atoms with van der Waals surface area (Å²) in [5.41, 5.74) is 1.58. The molecule has 0 saturated carbocycles. The lowest BCUT2D eigenvalue weighted by atomic mass is 9.97. The van der Waals surface area contributed by atoms with Gasteiger partial charge < -0.3 is 5.32 Å². The van der Waals surface area contributed by atoms with Gasteiger partial charge in [-0.2, -0.15) is 0 Å². The van der Waals surface area contributed by atoms with E-state index in [0.717, 1.165) is 12.0 Å². The van der Waals surface area contributed by atoms with Gasteiger partial charge in [0.25, 0.3) is 0 Å². The summed E-state index contributed by atoms with van der Waals surface area (Å²) in [6.07, 6.45) is 2.57. The van der Waals surface area contributed by atoms with Gasteiger partial charge in [0.2, 0.25) is 0 Å². The minimum absolute atomic E-state index is 0.776. The molecule has 0 spiro atoms. The molecule has 88 valence electrons. The number of fused-ring (bicyclic) bond motifs is 1. The minimum Gasteiger partial charge on any atom is -0.315 e. The molecule has 3 heterocycles. The molecule has 1 aromatic heterocycles. The van der Waals surface area contributed by atoms with Crippen molar-refractivity contribution in [2.24, 2.45) is 5.92 Å². The van der Waals surface area contributed by atoms with Gasteiger partial charge in [-0.1, -0.05) is 13.3 Å². The molecule has 1 saturated heterocycles. The molecule has 3 rings (SSSR count). The quantitative estimate of drug-likeness (QED) is 0.846. The number of rotatable bonds is 2. The van der Waals surface area contributed by atoms with Gasteiger partial charge in [-0.05, 0) is 35.9 Å². The second-order valence-corrected chi connectivity index (χ2v) is 5.98. The monoisotopic (exact) mass is 236 g/mol. The molecule has 0 aliphatic carbocycles. The molecule has 0 bridgehead atoms. The Morgan fingerprint density at radius 3 is 3.31 bits per heavy atom. The molecule has 16 heavy (non-hydrogen) atoms. The molecule has 3 heteroatoms. The lowest BCUT2D eigenvalue weighted by molar-refractivity contribution is 0.154. The Hall–Kier alpha value is -0.380. The van der Waals surface area contributed by atoms with Crippen LogP contribution in [0.4, 0.5) is 0 Å². The van der Waals surface area contributed by atoms with Gasteiger partial charge in [0.1, 0.15) is 0 Å². The first-order valence-corrected chi connectivity index (χ1v) is 7.26. The predicted octanol–water partition coefficient (Wildman–Crippen LogP) is 2.10. The van der Waals surface area contributed by atoms with E-state index < -0.39 is 0 Å². The standard InChI is InChI=1S/C13H20N2S/c1-2-10-7-14-8-12(10)15-5-3-13-11(9-15)4-6-16-13/h4,6,10,12,14H,2-3,5,7-9H2,1H3. The van der Waals surface area contributed by atoms with Gasteiger partial charge in [-0.15, -0.1) is 11.3 Å². The fourth-order valence-corrected chi connectivity index (χ4v) is 4.01. The SMILES string of the molecule is CCC1CNCC1N1CCc2sccc2C1. The first kappa shape index (κ1) is 10.8. The zero-order valence-corrected chi connectivity index (χ0v) is 10.7. The van der Waals surface area contributed by atoms with Gasteiger partial charge in [0.05, 0.1) is 0 Å². The van der Waals surface area contributed by atoms with Crippen LogP contribution in [0.1, 0.15) is 23.8 Å². The normalized spacial score (nSPS) is 30.6. The fourth-order valence-electron chi connectivity index (χ4n) is 3.12. The summed E-state index contributed by atoms with van der Waals surface area (Å²) >= 11 is 1.93. The Labute approximate surface area is 102 Å². The van der Waals surface area contributed by atoms with E-state index in [0.29, 0.717) is 0 Å². The Bertz CT molecular complexity index is 361. The molecule has 2 unspecified atom stereocenters. The van der Waals surface area contributed by atoms with Crippen molar-refractivity contribution in [2.75, 3.05) is 19.6 Å². The smallest absolute Gasteiger partial charge is 0.0264 e. The molecule has 1 aromatic rings. The maximum atomic E-state index is 3.55. The van der Waals surface area contributed by atoms with E-state index in [9.17, 15) is 0 Å². The van der Waals surface area contributed by atoms with Crippen LogP contribution in [-0.4, -0.2) is 30.6 Å². The Kier molecular flexibility index (Phi) is 3.01. The summed E-state index contributed by atoms with van der Waals surface area (Å²) in [5, 5.41) is 5.80. The molecule has 2 atom stereocenters. The third-order valence-corrected chi connectivity index (χ3v) is 5.16. The van der Waals surface area contributed by atoms with Crippen LogP contribution in [0.25, 0.3) is 0 Å². The summed E-state index contributed by atoms with van der Waals surface area (Å²) in [6, 6.07) is 3.09. The van der Waals surface area contributed by atoms with Crippen LogP contribution >= 0.6 is 11.3 Å². The Morgan fingerprint density at radius 1 is 1.50 bits per heavy atom. The fraction of sp³-hybridized carbons (Fsp3) is 0.692. The highest BCUT2D eigenvalue weighted by Crippen LogP contribution is 2.28. The molecular formula is C13H20N2S. The highest BCUT2D eigenvalue weighted by atomic mass is 32.1. The van der Waals surface area contributed by atoms with Crippen molar-refractivity contribution >= 4 is 11.3 Å². The highest BCUT2D eigenvalue weighted by molar-refractivity contribution is 7.10. The highest BCUT2D eigenvalue weighted by Gasteiger charge is 2.32. The lowest BCUT2D eigenvalue weighted by Gasteiger charge is -2.34. The number of thiophene rings is 1. The second-order valence-electron chi connectivity index (χ2n) is 4.98. The molecular weight excluding hydrogens is 216 g/mol. The average Bonchev–Trinajstić information content (AvgIpc) is 2.96. The maximum Gasteiger partial charge on any atom is 0.0264 e. The number of nitrogens with zero attached hydrogens (tertiary/aromatic N) is 1. The van der Waals surface area contributed by atoms with Crippen molar-refractivity contribution < 1.29 is 0 Å². The Balaban J connectivity index is 1.73. The van der Waals surface area contributed by atoms with E-state index >= 15 is 0 Å². The van der Waals surface area contributed by atoms with E-state index in [1.165, 1.54) is 39.0 Å². The number of hydrogen-bond acceptors (Lipinski definition) is 3. The van der Waals surface area contributed by atoms with E-state index in [1.807, 2.05) is 11.3 Å². The van der Waals surface area contributed by atoms with E-state index in [4.69, 9.17) is 0 Å². The second kappa shape index (κ2) is 4.47. The van der Waals surface area contributed by atoms with Crippen molar-refractivity contribution in [1.82, 2.24) is 10.2 Å². The van der Waals surface area contributed by atoms with Gasteiger partial charge in [0, 0.05) is 30.6 Å². The molecule has 0 radical (unpaired) electrons. The summed E-state index contributed by atoms with van der Waals surface area (Å²) in [5.74, 6) is 0.861. The molecule has 2 aliphatic heterocycles. The largest absolute Gasteiger partial charge is 0.315 e. The van der Waals surface area contributed by atoms with Gasteiger partial charge in [-0.3, -0.25) is 4.90 Å². The van der Waals surface area contributed by atoms with Gasteiger partial charge in [0.15, 0.2) is 0 Å². The first-order chi connectivity index (χ1) is 7.88. The van der Waals surface area contributed by atoms with E-state index in [1.54, 1.807) is 10.4 Å². The van der Waals surface area contributed by atoms with Crippen molar-refractivity contribution in [1.29, 1.82) is 0 Å². The molecule has 0 aromatic carbocycles. The van der Waals surface area contributed by atoms with Crippen LogP contribution in [0, 0.1) is 5.92 Å². The van der Waals surface area contributed by atoms with Crippen LogP contribution in [0.5, 0.6) is 0 Å². The minimum atomic E-state index is 0.776. The topological polar surface area (TPSA) is 15.3 Å². The predicted molar refractivity (Wildman–Crippen MR) is 68.9 cm³/mol. The summed E-state index contributed by atoms with van der Waals surface area (Å²) in [6.45, 7) is 7.18. The maximum absolute atomic E-state index is 3.55. The van der Waals surface area contributed by atoms with E-state index in [2.05, 4.69) is 28.6 Å². The van der Waals surface area contributed by atoms with Crippen molar-refractivity contribution in [3.63, 3.8) is 0 Å². The first-order valence-electron chi connectivity index (χ1n) is 6.38. The Morgan fingerprint density at radius 2 is 2.44 bits per heavy atom. The zero-order chi connectivity index (χ0) is 11.0. The van der Waals surface area contributed by atoms with E-state index in [-0.39, 0.29) is 0 Å². The van der Waals surface area contributed by atoms with Crippen LogP contribution in [-0.2, 0) is 13.0 Å². The summed E-state index contributed by atoms with van der Waals surface area (Å²) in [7, 11) is 0. The van der Waals surface area contributed by atoms with Crippen LogP contribution in [0.3, 0.4) is 0 Å².